The minimum absolute atomic E-state index is 0.0476. The van der Waals surface area contributed by atoms with Crippen molar-refractivity contribution in [3.05, 3.63) is 35.9 Å². The molecule has 2 aliphatic heterocycles. The molecule has 0 bridgehead atoms. The van der Waals surface area contributed by atoms with E-state index in [4.69, 9.17) is 14.2 Å². The van der Waals surface area contributed by atoms with Gasteiger partial charge in [0, 0.05) is 18.9 Å². The molecule has 0 unspecified atom stereocenters. The lowest BCUT2D eigenvalue weighted by Gasteiger charge is -2.20. The summed E-state index contributed by atoms with van der Waals surface area (Å²) in [7, 11) is 0. The van der Waals surface area contributed by atoms with Gasteiger partial charge in [-0.25, -0.2) is 9.69 Å². The molecule has 2 saturated heterocycles. The Kier molecular flexibility index (Phi) is 4.37. The Bertz CT molecular complexity index is 586. The van der Waals surface area contributed by atoms with Crippen molar-refractivity contribution in [2.75, 3.05) is 13.2 Å². The highest BCUT2D eigenvalue weighted by Gasteiger charge is 2.44. The normalized spacial score (nSPS) is 26.5. The summed E-state index contributed by atoms with van der Waals surface area (Å²) in [5, 5.41) is 0. The lowest BCUT2D eigenvalue weighted by molar-refractivity contribution is -0.144. The fraction of sp³-hybridized carbons (Fsp3) is 0.529. The van der Waals surface area contributed by atoms with Crippen molar-refractivity contribution < 1.29 is 23.8 Å². The first-order valence-electron chi connectivity index (χ1n) is 7.77. The molecule has 2 aliphatic rings. The molecule has 2 amide bonds. The maximum atomic E-state index is 12.1. The van der Waals surface area contributed by atoms with Crippen LogP contribution in [-0.2, 0) is 25.6 Å². The summed E-state index contributed by atoms with van der Waals surface area (Å²) in [5.41, 5.74) is 0.887. The molecule has 2 heterocycles. The Morgan fingerprint density at radius 3 is 2.74 bits per heavy atom. The van der Waals surface area contributed by atoms with Crippen LogP contribution in [0.3, 0.4) is 0 Å². The molecule has 2 fully saturated rings. The van der Waals surface area contributed by atoms with E-state index in [9.17, 15) is 9.59 Å². The minimum atomic E-state index is -0.630. The molecule has 1 aromatic carbocycles. The van der Waals surface area contributed by atoms with Gasteiger partial charge in [0.05, 0.1) is 12.7 Å². The number of hydrogen-bond acceptors (Lipinski definition) is 5. The van der Waals surface area contributed by atoms with E-state index >= 15 is 0 Å². The standard InChI is InChI=1S/C17H21NO5/c1-17(2)22-11-14(23-17)13-8-15(19)18(9-13)16(20)21-10-12-6-4-3-5-7-12/h3-7,13-14H,8-11H2,1-2H3/t13-,14+/m0/s1. The Balaban J connectivity index is 1.54. The van der Waals surface area contributed by atoms with Crippen LogP contribution < -0.4 is 0 Å². The maximum Gasteiger partial charge on any atom is 0.416 e. The number of imide groups is 1. The molecule has 23 heavy (non-hydrogen) atoms. The van der Waals surface area contributed by atoms with Gasteiger partial charge >= 0.3 is 6.09 Å². The number of carbonyl (C=O) groups is 2. The molecule has 0 aromatic heterocycles. The van der Waals surface area contributed by atoms with Crippen LogP contribution in [0.1, 0.15) is 25.8 Å². The Hall–Kier alpha value is -1.92. The number of nitrogens with zero attached hydrogens (tertiary/aromatic N) is 1. The maximum absolute atomic E-state index is 12.1. The second-order valence-corrected chi connectivity index (χ2v) is 6.38. The highest BCUT2D eigenvalue weighted by molar-refractivity contribution is 5.93. The van der Waals surface area contributed by atoms with Crippen LogP contribution >= 0.6 is 0 Å². The van der Waals surface area contributed by atoms with E-state index in [2.05, 4.69) is 0 Å². The first kappa shape index (κ1) is 16.0. The largest absolute Gasteiger partial charge is 0.444 e. The fourth-order valence-corrected chi connectivity index (χ4v) is 2.91. The molecule has 0 radical (unpaired) electrons. The molecule has 3 rings (SSSR count). The third-order valence-corrected chi connectivity index (χ3v) is 4.14. The quantitative estimate of drug-likeness (QED) is 0.855. The van der Waals surface area contributed by atoms with Gasteiger partial charge < -0.3 is 14.2 Å². The molecule has 6 heteroatoms. The van der Waals surface area contributed by atoms with E-state index in [1.54, 1.807) is 0 Å². The zero-order chi connectivity index (χ0) is 16.4. The molecule has 6 nitrogen and oxygen atoms in total. The van der Waals surface area contributed by atoms with Gasteiger partial charge in [0.1, 0.15) is 6.61 Å². The summed E-state index contributed by atoms with van der Waals surface area (Å²) in [6, 6.07) is 9.38. The second-order valence-electron chi connectivity index (χ2n) is 6.38. The average molecular weight is 319 g/mol. The summed E-state index contributed by atoms with van der Waals surface area (Å²) in [5.74, 6) is -0.899. The molecule has 0 spiro atoms. The number of amides is 2. The summed E-state index contributed by atoms with van der Waals surface area (Å²) in [6.45, 7) is 4.60. The van der Waals surface area contributed by atoms with Crippen molar-refractivity contribution >= 4 is 12.0 Å². The average Bonchev–Trinajstić information content (AvgIpc) is 3.08. The summed E-state index contributed by atoms with van der Waals surface area (Å²) in [6.07, 6.45) is -0.481. The summed E-state index contributed by atoms with van der Waals surface area (Å²) < 4.78 is 16.5. The van der Waals surface area contributed by atoms with Crippen LogP contribution in [0.5, 0.6) is 0 Å². The van der Waals surface area contributed by atoms with Crippen molar-refractivity contribution in [2.24, 2.45) is 5.92 Å². The minimum Gasteiger partial charge on any atom is -0.444 e. The highest BCUT2D eigenvalue weighted by atomic mass is 16.7. The van der Waals surface area contributed by atoms with Crippen LogP contribution in [0, 0.1) is 5.92 Å². The van der Waals surface area contributed by atoms with E-state index in [-0.39, 0.29) is 31.0 Å². The summed E-state index contributed by atoms with van der Waals surface area (Å²) >= 11 is 0. The van der Waals surface area contributed by atoms with Gasteiger partial charge in [-0.05, 0) is 19.4 Å². The van der Waals surface area contributed by atoms with Crippen molar-refractivity contribution in [3.8, 4) is 0 Å². The number of rotatable bonds is 3. The predicted octanol–water partition coefficient (Wildman–Crippen LogP) is 2.32. The molecule has 1 aromatic rings. The first-order chi connectivity index (χ1) is 10.9. The Morgan fingerprint density at radius 1 is 1.35 bits per heavy atom. The third kappa shape index (κ3) is 3.71. The van der Waals surface area contributed by atoms with Crippen LogP contribution in [-0.4, -0.2) is 41.9 Å². The number of likely N-dealkylation sites (tertiary alicyclic amines) is 1. The van der Waals surface area contributed by atoms with Gasteiger partial charge in [0.25, 0.3) is 0 Å². The van der Waals surface area contributed by atoms with Gasteiger partial charge in [-0.2, -0.15) is 0 Å². The number of ether oxygens (including phenoxy) is 3. The molecule has 0 saturated carbocycles. The zero-order valence-corrected chi connectivity index (χ0v) is 13.4. The number of hydrogen-bond donors (Lipinski definition) is 0. The van der Waals surface area contributed by atoms with E-state index in [1.165, 1.54) is 4.90 Å². The van der Waals surface area contributed by atoms with E-state index < -0.39 is 11.9 Å². The molecule has 0 aliphatic carbocycles. The molecule has 0 N–H and O–H groups in total. The topological polar surface area (TPSA) is 65.1 Å². The first-order valence-corrected chi connectivity index (χ1v) is 7.77. The lowest BCUT2D eigenvalue weighted by atomic mass is 10.0. The van der Waals surface area contributed by atoms with Crippen LogP contribution in [0.15, 0.2) is 30.3 Å². The van der Waals surface area contributed by atoms with Gasteiger partial charge in [-0.1, -0.05) is 30.3 Å². The summed E-state index contributed by atoms with van der Waals surface area (Å²) in [4.78, 5) is 25.4. The van der Waals surface area contributed by atoms with Crippen molar-refractivity contribution in [1.82, 2.24) is 4.90 Å². The zero-order valence-electron chi connectivity index (χ0n) is 13.4. The van der Waals surface area contributed by atoms with Gasteiger partial charge in [-0.15, -0.1) is 0 Å². The number of carbonyl (C=O) groups excluding carboxylic acids is 2. The molecule has 124 valence electrons. The van der Waals surface area contributed by atoms with E-state index in [0.717, 1.165) is 5.56 Å². The van der Waals surface area contributed by atoms with Crippen LogP contribution in [0.2, 0.25) is 0 Å². The van der Waals surface area contributed by atoms with Gasteiger partial charge in [0.2, 0.25) is 5.91 Å². The van der Waals surface area contributed by atoms with Crippen LogP contribution in [0.25, 0.3) is 0 Å². The Morgan fingerprint density at radius 2 is 2.09 bits per heavy atom. The SMILES string of the molecule is CC1(C)OC[C@H]([C@H]2CC(=O)N(C(=O)OCc3ccccc3)C2)O1. The monoisotopic (exact) mass is 319 g/mol. The highest BCUT2D eigenvalue weighted by Crippen LogP contribution is 2.32. The van der Waals surface area contributed by atoms with Gasteiger partial charge in [0.15, 0.2) is 5.79 Å². The second kappa shape index (κ2) is 6.29. The fourth-order valence-electron chi connectivity index (χ4n) is 2.91. The molecular formula is C17H21NO5. The smallest absolute Gasteiger partial charge is 0.416 e. The molecule has 2 atom stereocenters. The van der Waals surface area contributed by atoms with Crippen molar-refractivity contribution in [2.45, 2.75) is 38.8 Å². The molecular weight excluding hydrogens is 298 g/mol. The number of benzene rings is 1. The van der Waals surface area contributed by atoms with E-state index in [1.807, 2.05) is 44.2 Å². The van der Waals surface area contributed by atoms with Gasteiger partial charge in [-0.3, -0.25) is 4.79 Å². The van der Waals surface area contributed by atoms with Crippen molar-refractivity contribution in [1.29, 1.82) is 0 Å². The lowest BCUT2D eigenvalue weighted by Crippen LogP contribution is -2.34. The Labute approximate surface area is 135 Å². The predicted molar refractivity (Wildman–Crippen MR) is 81.4 cm³/mol. The van der Waals surface area contributed by atoms with E-state index in [0.29, 0.717) is 13.2 Å². The van der Waals surface area contributed by atoms with Crippen molar-refractivity contribution in [3.63, 3.8) is 0 Å². The third-order valence-electron chi connectivity index (χ3n) is 4.14. The van der Waals surface area contributed by atoms with Crippen LogP contribution in [0.4, 0.5) is 4.79 Å².